The Morgan fingerprint density at radius 1 is 1.14 bits per heavy atom. The van der Waals surface area contributed by atoms with Crippen LogP contribution in [0.5, 0.6) is 5.75 Å². The summed E-state index contributed by atoms with van der Waals surface area (Å²) in [7, 11) is 0. The molecule has 0 saturated carbocycles. The second-order valence-corrected chi connectivity index (χ2v) is 6.71. The number of carbonyl (C=O) groups is 2. The zero-order chi connectivity index (χ0) is 20.9. The normalized spacial score (nSPS) is 11.4. The standard InChI is InChI=1S/C22H33NO5/c1-6-26-22(25)23(19(5)28-21(24)17(2)3)15-11-7-8-12-16-27-20-14-10-9-13-18(20)4/h9-10,13-14,19H,2,6-8,11-12,15-16H2,1,3-5H3. The number of aryl methyl sites for hydroxylation is 1. The lowest BCUT2D eigenvalue weighted by Gasteiger charge is -2.28. The molecular formula is C22H33NO5. The average Bonchev–Trinajstić information content (AvgIpc) is 2.65. The van der Waals surface area contributed by atoms with E-state index in [1.165, 1.54) is 4.90 Å². The van der Waals surface area contributed by atoms with Crippen LogP contribution >= 0.6 is 0 Å². The maximum atomic E-state index is 12.2. The molecule has 0 radical (unpaired) electrons. The zero-order valence-electron chi connectivity index (χ0n) is 17.5. The Bertz CT molecular complexity index is 644. The van der Waals surface area contributed by atoms with Crippen molar-refractivity contribution in [3.8, 4) is 5.75 Å². The van der Waals surface area contributed by atoms with Crippen molar-refractivity contribution in [2.24, 2.45) is 0 Å². The number of hydrogen-bond acceptors (Lipinski definition) is 5. The van der Waals surface area contributed by atoms with Crippen molar-refractivity contribution in [1.82, 2.24) is 4.90 Å². The van der Waals surface area contributed by atoms with E-state index >= 15 is 0 Å². The highest BCUT2D eigenvalue weighted by Gasteiger charge is 2.24. The lowest BCUT2D eigenvalue weighted by molar-refractivity contribution is -0.150. The number of esters is 1. The first-order chi connectivity index (χ1) is 13.4. The van der Waals surface area contributed by atoms with Gasteiger partial charge in [0.05, 0.1) is 13.2 Å². The summed E-state index contributed by atoms with van der Waals surface area (Å²) in [5.74, 6) is 0.402. The van der Waals surface area contributed by atoms with Gasteiger partial charge in [-0.1, -0.05) is 37.6 Å². The molecule has 1 amide bonds. The van der Waals surface area contributed by atoms with E-state index in [1.54, 1.807) is 20.8 Å². The monoisotopic (exact) mass is 391 g/mol. The highest BCUT2D eigenvalue weighted by Crippen LogP contribution is 2.17. The van der Waals surface area contributed by atoms with Crippen LogP contribution in [0.25, 0.3) is 0 Å². The largest absolute Gasteiger partial charge is 0.493 e. The van der Waals surface area contributed by atoms with E-state index < -0.39 is 18.3 Å². The van der Waals surface area contributed by atoms with Gasteiger partial charge in [-0.3, -0.25) is 4.90 Å². The molecule has 0 aromatic heterocycles. The first-order valence-electron chi connectivity index (χ1n) is 9.85. The van der Waals surface area contributed by atoms with Crippen molar-refractivity contribution in [3.63, 3.8) is 0 Å². The Labute approximate surface area is 168 Å². The minimum Gasteiger partial charge on any atom is -0.493 e. The predicted octanol–water partition coefficient (Wildman–Crippen LogP) is 4.86. The first-order valence-corrected chi connectivity index (χ1v) is 9.85. The molecule has 6 nitrogen and oxygen atoms in total. The Hall–Kier alpha value is -2.50. The van der Waals surface area contributed by atoms with Gasteiger partial charge in [0.25, 0.3) is 0 Å². The summed E-state index contributed by atoms with van der Waals surface area (Å²) in [4.78, 5) is 25.3. The zero-order valence-corrected chi connectivity index (χ0v) is 17.5. The Morgan fingerprint density at radius 2 is 1.82 bits per heavy atom. The third-order valence-electron chi connectivity index (χ3n) is 4.21. The summed E-state index contributed by atoms with van der Waals surface area (Å²) >= 11 is 0. The Balaban J connectivity index is 2.35. The molecule has 6 heteroatoms. The van der Waals surface area contributed by atoms with E-state index in [2.05, 4.69) is 6.58 Å². The van der Waals surface area contributed by atoms with E-state index in [9.17, 15) is 9.59 Å². The molecule has 156 valence electrons. The quantitative estimate of drug-likeness (QED) is 0.220. The van der Waals surface area contributed by atoms with Gasteiger partial charge in [0.1, 0.15) is 5.75 Å². The molecule has 0 N–H and O–H groups in total. The summed E-state index contributed by atoms with van der Waals surface area (Å²) in [6, 6.07) is 7.96. The lowest BCUT2D eigenvalue weighted by Crippen LogP contribution is -2.42. The van der Waals surface area contributed by atoms with Gasteiger partial charge in [-0.2, -0.15) is 0 Å². The van der Waals surface area contributed by atoms with Crippen molar-refractivity contribution in [1.29, 1.82) is 0 Å². The third-order valence-corrected chi connectivity index (χ3v) is 4.21. The van der Waals surface area contributed by atoms with Crippen molar-refractivity contribution < 1.29 is 23.8 Å². The Morgan fingerprint density at radius 3 is 2.46 bits per heavy atom. The molecule has 0 aliphatic heterocycles. The number of benzene rings is 1. The van der Waals surface area contributed by atoms with Crippen molar-refractivity contribution in [3.05, 3.63) is 42.0 Å². The molecule has 1 aromatic rings. The number of amides is 1. The summed E-state index contributed by atoms with van der Waals surface area (Å²) < 4.78 is 16.1. The van der Waals surface area contributed by atoms with Crippen LogP contribution in [-0.2, 0) is 14.3 Å². The number of nitrogens with zero attached hydrogens (tertiary/aromatic N) is 1. The third kappa shape index (κ3) is 8.46. The summed E-state index contributed by atoms with van der Waals surface area (Å²) in [5, 5.41) is 0. The van der Waals surface area contributed by atoms with E-state index in [1.807, 2.05) is 31.2 Å². The molecule has 0 bridgehead atoms. The minimum absolute atomic E-state index is 0.271. The van der Waals surface area contributed by atoms with E-state index in [4.69, 9.17) is 14.2 Å². The van der Waals surface area contributed by atoms with Crippen LogP contribution in [0.4, 0.5) is 4.79 Å². The topological polar surface area (TPSA) is 65.1 Å². The van der Waals surface area contributed by atoms with Gasteiger partial charge < -0.3 is 14.2 Å². The van der Waals surface area contributed by atoms with Gasteiger partial charge in [-0.15, -0.1) is 0 Å². The summed E-state index contributed by atoms with van der Waals surface area (Å²) in [6.07, 6.45) is 2.47. The number of hydrogen-bond donors (Lipinski definition) is 0. The molecule has 0 saturated heterocycles. The molecule has 0 fully saturated rings. The molecule has 1 rings (SSSR count). The van der Waals surface area contributed by atoms with Crippen LogP contribution in [0.15, 0.2) is 36.4 Å². The van der Waals surface area contributed by atoms with Crippen LogP contribution in [0.1, 0.15) is 52.0 Å². The molecule has 0 spiro atoms. The van der Waals surface area contributed by atoms with Gasteiger partial charge in [0.2, 0.25) is 0 Å². The van der Waals surface area contributed by atoms with Crippen LogP contribution in [0, 0.1) is 6.92 Å². The molecular weight excluding hydrogens is 358 g/mol. The average molecular weight is 392 g/mol. The van der Waals surface area contributed by atoms with Gasteiger partial charge in [0.15, 0.2) is 6.23 Å². The number of carbonyl (C=O) groups excluding carboxylic acids is 2. The van der Waals surface area contributed by atoms with E-state index in [-0.39, 0.29) is 6.61 Å². The second-order valence-electron chi connectivity index (χ2n) is 6.71. The molecule has 0 heterocycles. The first kappa shape index (κ1) is 23.5. The molecule has 1 atom stereocenters. The summed E-state index contributed by atoms with van der Waals surface area (Å²) in [6.45, 7) is 12.0. The maximum absolute atomic E-state index is 12.2. The number of rotatable bonds is 12. The number of ether oxygens (including phenoxy) is 3. The highest BCUT2D eigenvalue weighted by atomic mass is 16.6. The van der Waals surface area contributed by atoms with Crippen molar-refractivity contribution in [2.75, 3.05) is 19.8 Å². The molecule has 1 unspecified atom stereocenters. The SMILES string of the molecule is C=C(C)C(=O)OC(C)N(CCCCCCOc1ccccc1C)C(=O)OCC. The Kier molecular flexibility index (Phi) is 10.8. The van der Waals surface area contributed by atoms with Gasteiger partial charge in [0, 0.05) is 12.1 Å². The fraction of sp³-hybridized carbons (Fsp3) is 0.545. The predicted molar refractivity (Wildman–Crippen MR) is 109 cm³/mol. The van der Waals surface area contributed by atoms with Gasteiger partial charge >= 0.3 is 12.1 Å². The van der Waals surface area contributed by atoms with Gasteiger partial charge in [-0.25, -0.2) is 9.59 Å². The molecule has 1 aromatic carbocycles. The van der Waals surface area contributed by atoms with Crippen molar-refractivity contribution >= 4 is 12.1 Å². The fourth-order valence-corrected chi connectivity index (χ4v) is 2.59. The van der Waals surface area contributed by atoms with Gasteiger partial charge in [-0.05, 0) is 52.2 Å². The highest BCUT2D eigenvalue weighted by molar-refractivity contribution is 5.87. The van der Waals surface area contributed by atoms with Crippen LogP contribution in [0.3, 0.4) is 0 Å². The molecule has 0 aliphatic rings. The molecule has 28 heavy (non-hydrogen) atoms. The fourth-order valence-electron chi connectivity index (χ4n) is 2.59. The maximum Gasteiger partial charge on any atom is 0.412 e. The number of unbranched alkanes of at least 4 members (excludes halogenated alkanes) is 3. The van der Waals surface area contributed by atoms with Crippen LogP contribution in [-0.4, -0.2) is 42.9 Å². The number of para-hydroxylation sites is 1. The second kappa shape index (κ2) is 12.8. The molecule has 0 aliphatic carbocycles. The minimum atomic E-state index is -0.701. The smallest absolute Gasteiger partial charge is 0.412 e. The van der Waals surface area contributed by atoms with E-state index in [0.717, 1.165) is 37.0 Å². The van der Waals surface area contributed by atoms with E-state index in [0.29, 0.717) is 18.7 Å². The van der Waals surface area contributed by atoms with Crippen LogP contribution in [0.2, 0.25) is 0 Å². The van der Waals surface area contributed by atoms with Crippen molar-refractivity contribution in [2.45, 2.75) is 59.6 Å². The lowest BCUT2D eigenvalue weighted by atomic mass is 10.2. The summed E-state index contributed by atoms with van der Waals surface area (Å²) in [5.41, 5.74) is 1.43. The van der Waals surface area contributed by atoms with Crippen LogP contribution < -0.4 is 4.74 Å².